The first-order valence-electron chi connectivity index (χ1n) is 14.4. The van der Waals surface area contributed by atoms with Crippen LogP contribution >= 0.6 is 11.3 Å². The van der Waals surface area contributed by atoms with Crippen molar-refractivity contribution in [2.24, 2.45) is 10.8 Å². The van der Waals surface area contributed by atoms with Crippen LogP contribution in [0.1, 0.15) is 56.0 Å². The summed E-state index contributed by atoms with van der Waals surface area (Å²) in [6.45, 7) is 8.57. The number of benzene rings is 3. The van der Waals surface area contributed by atoms with E-state index < -0.39 is 28.5 Å². The molecule has 1 aliphatic carbocycles. The quantitative estimate of drug-likeness (QED) is 0.233. The van der Waals surface area contributed by atoms with Gasteiger partial charge in [0, 0.05) is 23.8 Å². The van der Waals surface area contributed by atoms with Gasteiger partial charge in [-0.25, -0.2) is 18.2 Å². The topological polar surface area (TPSA) is 106 Å². The lowest BCUT2D eigenvalue weighted by molar-refractivity contribution is -0.119. The predicted molar refractivity (Wildman–Crippen MR) is 169 cm³/mol. The van der Waals surface area contributed by atoms with E-state index >= 15 is 0 Å². The molecule has 224 valence electrons. The molecule has 4 aromatic rings. The van der Waals surface area contributed by atoms with Crippen LogP contribution in [-0.2, 0) is 19.6 Å². The van der Waals surface area contributed by atoms with Crippen molar-refractivity contribution < 1.29 is 22.7 Å². The Kier molecular flexibility index (Phi) is 7.43. The third-order valence-corrected chi connectivity index (χ3v) is 11.3. The number of nitrogens with one attached hydrogen (secondary N) is 1. The number of rotatable bonds is 7. The second-order valence-corrected chi connectivity index (χ2v) is 15.9. The Balaban J connectivity index is 1.07. The number of aromatic nitrogens is 1. The molecule has 0 radical (unpaired) electrons. The molecule has 1 saturated carbocycles. The van der Waals surface area contributed by atoms with Gasteiger partial charge in [-0.1, -0.05) is 32.9 Å². The zero-order valence-corrected chi connectivity index (χ0v) is 26.3. The SMILES string of the molecule is Cc1ccc2nc(-c3ccc(NC(=O)COC(=O)c4cccc(S(=O)(=O)N5C[C@@]6(C)C[C@H]5CC(C)(C)C6)c4)cc3)sc2c1. The van der Waals surface area contributed by atoms with Crippen molar-refractivity contribution in [1.82, 2.24) is 9.29 Å². The number of ether oxygens (including phenoxy) is 1. The zero-order valence-electron chi connectivity index (χ0n) is 24.7. The number of hydrogen-bond donors (Lipinski definition) is 1. The molecule has 2 aliphatic rings. The molecule has 0 unspecified atom stereocenters. The number of fused-ring (bicyclic) bond motifs is 3. The standard InChI is InChI=1S/C33H35N3O5S2/c1-21-8-13-27-28(14-21)42-30(35-27)22-9-11-24(12-10-22)34-29(37)18-41-31(38)23-6-5-7-26(15-23)43(39,40)36-20-33(4)17-25(36)16-32(2,3)19-33/h5-15,25H,16-20H2,1-4H3,(H,34,37)/t25-,33+/m1/s1. The monoisotopic (exact) mass is 617 g/mol. The van der Waals surface area contributed by atoms with E-state index in [1.807, 2.05) is 24.3 Å². The lowest BCUT2D eigenvalue weighted by Crippen LogP contribution is -2.37. The van der Waals surface area contributed by atoms with Crippen LogP contribution in [0.5, 0.6) is 0 Å². The van der Waals surface area contributed by atoms with E-state index in [1.165, 1.54) is 29.8 Å². The summed E-state index contributed by atoms with van der Waals surface area (Å²) in [5, 5.41) is 3.62. The Morgan fingerprint density at radius 3 is 2.58 bits per heavy atom. The van der Waals surface area contributed by atoms with E-state index in [0.717, 1.165) is 40.1 Å². The zero-order chi connectivity index (χ0) is 30.6. The molecule has 1 aromatic heterocycles. The number of aryl methyl sites for hydroxylation is 1. The van der Waals surface area contributed by atoms with Gasteiger partial charge in [-0.2, -0.15) is 4.31 Å². The second kappa shape index (κ2) is 10.8. The van der Waals surface area contributed by atoms with Crippen molar-refractivity contribution in [3.8, 4) is 10.6 Å². The van der Waals surface area contributed by atoms with Crippen LogP contribution in [0.4, 0.5) is 5.69 Å². The van der Waals surface area contributed by atoms with Crippen molar-refractivity contribution in [3.63, 3.8) is 0 Å². The minimum atomic E-state index is -3.80. The molecule has 3 aromatic carbocycles. The maximum atomic E-state index is 13.7. The van der Waals surface area contributed by atoms with Gasteiger partial charge in [0.1, 0.15) is 5.01 Å². The van der Waals surface area contributed by atoms with Gasteiger partial charge in [0.05, 0.1) is 20.7 Å². The molecule has 6 rings (SSSR count). The smallest absolute Gasteiger partial charge is 0.338 e. The van der Waals surface area contributed by atoms with E-state index in [0.29, 0.717) is 12.2 Å². The van der Waals surface area contributed by atoms with E-state index in [-0.39, 0.29) is 27.3 Å². The molecule has 0 spiro atoms. The highest BCUT2D eigenvalue weighted by Crippen LogP contribution is 2.53. The Hall–Kier alpha value is -3.60. The van der Waals surface area contributed by atoms with Gasteiger partial charge in [-0.15, -0.1) is 11.3 Å². The minimum Gasteiger partial charge on any atom is -0.452 e. The van der Waals surface area contributed by atoms with Crippen LogP contribution in [0.3, 0.4) is 0 Å². The Morgan fingerprint density at radius 2 is 1.81 bits per heavy atom. The molecule has 1 saturated heterocycles. The third-order valence-electron chi connectivity index (χ3n) is 8.34. The van der Waals surface area contributed by atoms with Gasteiger partial charge >= 0.3 is 5.97 Å². The summed E-state index contributed by atoms with van der Waals surface area (Å²) in [5.74, 6) is -1.26. The Labute approximate surface area is 256 Å². The lowest BCUT2D eigenvalue weighted by atomic mass is 9.65. The number of nitrogens with zero attached hydrogens (tertiary/aromatic N) is 2. The molecule has 2 bridgehead atoms. The molecular weight excluding hydrogens is 583 g/mol. The Morgan fingerprint density at radius 1 is 1.05 bits per heavy atom. The van der Waals surface area contributed by atoms with Gasteiger partial charge in [-0.3, -0.25) is 4.79 Å². The fourth-order valence-electron chi connectivity index (χ4n) is 6.87. The molecular formula is C33H35N3O5S2. The molecule has 1 amide bonds. The van der Waals surface area contributed by atoms with Gasteiger partial charge in [-0.05, 0) is 97.2 Å². The molecule has 10 heteroatoms. The van der Waals surface area contributed by atoms with E-state index in [9.17, 15) is 18.0 Å². The first-order valence-corrected chi connectivity index (χ1v) is 16.6. The summed E-state index contributed by atoms with van der Waals surface area (Å²) in [7, 11) is -3.80. The number of thiazole rings is 1. The number of sulfonamides is 1. The molecule has 43 heavy (non-hydrogen) atoms. The largest absolute Gasteiger partial charge is 0.452 e. The van der Waals surface area contributed by atoms with Crippen molar-refractivity contribution in [2.75, 3.05) is 18.5 Å². The first kappa shape index (κ1) is 29.5. The van der Waals surface area contributed by atoms with Crippen LogP contribution in [-0.4, -0.2) is 48.8 Å². The van der Waals surface area contributed by atoms with Crippen molar-refractivity contribution in [3.05, 3.63) is 77.9 Å². The van der Waals surface area contributed by atoms with Gasteiger partial charge in [0.2, 0.25) is 10.0 Å². The van der Waals surface area contributed by atoms with Crippen LogP contribution in [0.2, 0.25) is 0 Å². The number of hydrogen-bond acceptors (Lipinski definition) is 7. The molecule has 2 heterocycles. The minimum absolute atomic E-state index is 0.0571. The first-order chi connectivity index (χ1) is 20.3. The fourth-order valence-corrected chi connectivity index (χ4v) is 9.76. The van der Waals surface area contributed by atoms with Gasteiger partial charge < -0.3 is 10.1 Å². The summed E-state index contributed by atoms with van der Waals surface area (Å²) in [6, 6.07) is 19.3. The van der Waals surface area contributed by atoms with Crippen molar-refractivity contribution >= 4 is 49.1 Å². The maximum absolute atomic E-state index is 13.7. The molecule has 1 N–H and O–H groups in total. The lowest BCUT2D eigenvalue weighted by Gasteiger charge is -2.39. The molecule has 2 atom stereocenters. The summed E-state index contributed by atoms with van der Waals surface area (Å²) < 4.78 is 35.3. The third kappa shape index (κ3) is 6.09. The Bertz CT molecular complexity index is 1830. The predicted octanol–water partition coefficient (Wildman–Crippen LogP) is 6.66. The number of carbonyl (C=O) groups excluding carboxylic acids is 2. The molecule has 2 fully saturated rings. The van der Waals surface area contributed by atoms with Gasteiger partial charge in [0.25, 0.3) is 5.91 Å². The highest BCUT2D eigenvalue weighted by atomic mass is 32.2. The fraction of sp³-hybridized carbons (Fsp3) is 0.364. The van der Waals surface area contributed by atoms with E-state index in [2.05, 4.69) is 39.1 Å². The summed E-state index contributed by atoms with van der Waals surface area (Å²) in [6.07, 6.45) is 2.63. The maximum Gasteiger partial charge on any atom is 0.338 e. The second-order valence-electron chi connectivity index (χ2n) is 13.0. The van der Waals surface area contributed by atoms with Crippen LogP contribution in [0.15, 0.2) is 71.6 Å². The number of anilines is 1. The van der Waals surface area contributed by atoms with Crippen molar-refractivity contribution in [1.29, 1.82) is 0 Å². The van der Waals surface area contributed by atoms with Crippen LogP contribution in [0.25, 0.3) is 20.8 Å². The van der Waals surface area contributed by atoms with E-state index in [1.54, 1.807) is 27.8 Å². The summed E-state index contributed by atoms with van der Waals surface area (Å²) >= 11 is 1.61. The normalized spacial score (nSPS) is 21.5. The molecule has 8 nitrogen and oxygen atoms in total. The highest BCUT2D eigenvalue weighted by Gasteiger charge is 2.53. The van der Waals surface area contributed by atoms with Gasteiger partial charge in [0.15, 0.2) is 6.61 Å². The average Bonchev–Trinajstić information content (AvgIpc) is 3.48. The average molecular weight is 618 g/mol. The van der Waals surface area contributed by atoms with Crippen LogP contribution < -0.4 is 5.32 Å². The number of carbonyl (C=O) groups is 2. The summed E-state index contributed by atoms with van der Waals surface area (Å²) in [5.41, 5.74) is 3.73. The number of esters is 1. The highest BCUT2D eigenvalue weighted by molar-refractivity contribution is 7.89. The van der Waals surface area contributed by atoms with Crippen LogP contribution in [0, 0.1) is 17.8 Å². The molecule has 1 aliphatic heterocycles. The number of amides is 1. The van der Waals surface area contributed by atoms with Crippen molar-refractivity contribution in [2.45, 2.75) is 57.9 Å². The van der Waals surface area contributed by atoms with E-state index in [4.69, 9.17) is 9.72 Å². The summed E-state index contributed by atoms with van der Waals surface area (Å²) in [4.78, 5) is 30.1.